The van der Waals surface area contributed by atoms with Gasteiger partial charge in [-0.05, 0) is 29.5 Å². The molecule has 1 aromatic rings. The third-order valence-electron chi connectivity index (χ3n) is 3.48. The van der Waals surface area contributed by atoms with Gasteiger partial charge in [-0.25, -0.2) is 0 Å². The molecule has 1 rings (SSSR count). The molecule has 0 fully saturated rings. The number of nitrogens with one attached hydrogen (secondary N) is 1. The van der Waals surface area contributed by atoms with Gasteiger partial charge < -0.3 is 11.1 Å². The van der Waals surface area contributed by atoms with E-state index in [1.807, 2.05) is 6.07 Å². The van der Waals surface area contributed by atoms with E-state index in [0.717, 1.165) is 12.2 Å². The summed E-state index contributed by atoms with van der Waals surface area (Å²) < 4.78 is 0. The van der Waals surface area contributed by atoms with Gasteiger partial charge in [-0.15, -0.1) is 0 Å². The average Bonchev–Trinajstić information content (AvgIpc) is 2.28. The Morgan fingerprint density at radius 3 is 2.59 bits per heavy atom. The Balaban J connectivity index is 2.74. The maximum absolute atomic E-state index is 8.90. The number of nitrogens with two attached hydrogens (primary N) is 1. The molecule has 0 saturated carbocycles. The molecule has 0 aliphatic heterocycles. The fraction of sp³-hybridized carbons (Fsp3) is 0.500. The van der Waals surface area contributed by atoms with Crippen molar-refractivity contribution in [1.29, 1.82) is 5.26 Å². The summed E-state index contributed by atoms with van der Waals surface area (Å²) in [6.45, 7) is 9.76. The minimum atomic E-state index is 0.216. The van der Waals surface area contributed by atoms with Crippen LogP contribution in [0.5, 0.6) is 0 Å². The number of hydrogen-bond acceptors (Lipinski definition) is 3. The zero-order valence-electron chi connectivity index (χ0n) is 11.0. The highest BCUT2D eigenvalue weighted by molar-refractivity contribution is 5.61. The van der Waals surface area contributed by atoms with Crippen LogP contribution in [-0.4, -0.2) is 6.54 Å². The lowest BCUT2D eigenvalue weighted by molar-refractivity contribution is 0.269. The molecule has 0 aliphatic carbocycles. The van der Waals surface area contributed by atoms with Gasteiger partial charge in [-0.3, -0.25) is 0 Å². The molecule has 3 heteroatoms. The lowest BCUT2D eigenvalue weighted by Crippen LogP contribution is -2.28. The van der Waals surface area contributed by atoms with Crippen LogP contribution in [0.1, 0.15) is 33.3 Å². The predicted molar refractivity (Wildman–Crippen MR) is 72.7 cm³/mol. The Hall–Kier alpha value is -1.69. The minimum absolute atomic E-state index is 0.216. The predicted octanol–water partition coefficient (Wildman–Crippen LogP) is 3.23. The van der Waals surface area contributed by atoms with E-state index in [2.05, 4.69) is 39.1 Å². The second-order valence-electron chi connectivity index (χ2n) is 5.41. The first-order chi connectivity index (χ1) is 7.86. The van der Waals surface area contributed by atoms with Crippen molar-refractivity contribution < 1.29 is 0 Å². The van der Waals surface area contributed by atoms with E-state index in [0.29, 0.717) is 17.2 Å². The first-order valence-electron chi connectivity index (χ1n) is 5.90. The molecule has 0 heterocycles. The van der Waals surface area contributed by atoms with E-state index < -0.39 is 0 Å². The third kappa shape index (κ3) is 3.39. The van der Waals surface area contributed by atoms with Crippen molar-refractivity contribution in [1.82, 2.24) is 0 Å². The highest BCUT2D eigenvalue weighted by atomic mass is 14.9. The summed E-state index contributed by atoms with van der Waals surface area (Å²) in [5.41, 5.74) is 7.90. The smallest absolute Gasteiger partial charge is 0.101 e. The molecular formula is C14H21N3. The van der Waals surface area contributed by atoms with Gasteiger partial charge in [0.05, 0.1) is 5.56 Å². The minimum Gasteiger partial charge on any atom is -0.398 e. The molecule has 3 nitrogen and oxygen atoms in total. The summed E-state index contributed by atoms with van der Waals surface area (Å²) >= 11 is 0. The SMILES string of the molecule is CC(C)C(C)(C)CNc1ccc(N)c(C#N)c1. The highest BCUT2D eigenvalue weighted by Crippen LogP contribution is 2.27. The molecule has 0 spiro atoms. The van der Waals surface area contributed by atoms with Gasteiger partial charge in [0, 0.05) is 17.9 Å². The van der Waals surface area contributed by atoms with Gasteiger partial charge in [0.2, 0.25) is 0 Å². The van der Waals surface area contributed by atoms with Gasteiger partial charge in [0.15, 0.2) is 0 Å². The van der Waals surface area contributed by atoms with Crippen LogP contribution in [0.2, 0.25) is 0 Å². The van der Waals surface area contributed by atoms with Gasteiger partial charge in [-0.2, -0.15) is 5.26 Å². The summed E-state index contributed by atoms with van der Waals surface area (Å²) in [7, 11) is 0. The van der Waals surface area contributed by atoms with Gasteiger partial charge in [-0.1, -0.05) is 27.7 Å². The van der Waals surface area contributed by atoms with Crippen LogP contribution in [0.25, 0.3) is 0 Å². The van der Waals surface area contributed by atoms with Crippen molar-refractivity contribution in [3.8, 4) is 6.07 Å². The van der Waals surface area contributed by atoms with Gasteiger partial charge in [0.1, 0.15) is 6.07 Å². The van der Waals surface area contributed by atoms with Crippen LogP contribution < -0.4 is 11.1 Å². The quantitative estimate of drug-likeness (QED) is 0.782. The van der Waals surface area contributed by atoms with Crippen LogP contribution in [0.4, 0.5) is 11.4 Å². The normalized spacial score (nSPS) is 11.3. The zero-order valence-corrected chi connectivity index (χ0v) is 11.0. The first kappa shape index (κ1) is 13.4. The Bertz CT molecular complexity index is 428. The molecule has 17 heavy (non-hydrogen) atoms. The lowest BCUT2D eigenvalue weighted by atomic mass is 9.81. The van der Waals surface area contributed by atoms with Crippen molar-refractivity contribution in [2.45, 2.75) is 27.7 Å². The number of nitrogens with zero attached hydrogens (tertiary/aromatic N) is 1. The number of benzene rings is 1. The lowest BCUT2D eigenvalue weighted by Gasteiger charge is -2.29. The fourth-order valence-electron chi connectivity index (χ4n) is 1.30. The molecule has 0 radical (unpaired) electrons. The number of nitriles is 1. The average molecular weight is 231 g/mol. The van der Waals surface area contributed by atoms with E-state index >= 15 is 0 Å². The second-order valence-corrected chi connectivity index (χ2v) is 5.41. The molecular weight excluding hydrogens is 210 g/mol. The summed E-state index contributed by atoms with van der Waals surface area (Å²) in [6.07, 6.45) is 0. The molecule has 0 atom stereocenters. The van der Waals surface area contributed by atoms with Crippen molar-refractivity contribution in [2.24, 2.45) is 11.3 Å². The van der Waals surface area contributed by atoms with Crippen LogP contribution >= 0.6 is 0 Å². The standard InChI is InChI=1S/C14H21N3/c1-10(2)14(3,4)9-17-12-5-6-13(16)11(7-12)8-15/h5-7,10,17H,9,16H2,1-4H3. The second kappa shape index (κ2) is 5.09. The van der Waals surface area contributed by atoms with Crippen LogP contribution in [0.3, 0.4) is 0 Å². The molecule has 3 N–H and O–H groups in total. The number of rotatable bonds is 4. The Kier molecular flexibility index (Phi) is 4.01. The van der Waals surface area contributed by atoms with Gasteiger partial charge in [0.25, 0.3) is 0 Å². The summed E-state index contributed by atoms with van der Waals surface area (Å²) in [5.74, 6) is 0.596. The fourth-order valence-corrected chi connectivity index (χ4v) is 1.30. The maximum atomic E-state index is 8.90. The summed E-state index contributed by atoms with van der Waals surface area (Å²) in [5, 5.41) is 12.3. The molecule has 0 saturated heterocycles. The van der Waals surface area contributed by atoms with Crippen LogP contribution in [-0.2, 0) is 0 Å². The monoisotopic (exact) mass is 231 g/mol. The molecule has 0 aromatic heterocycles. The molecule has 92 valence electrons. The largest absolute Gasteiger partial charge is 0.398 e. The molecule has 0 unspecified atom stereocenters. The van der Waals surface area contributed by atoms with E-state index in [4.69, 9.17) is 11.0 Å². The summed E-state index contributed by atoms with van der Waals surface area (Å²) in [6, 6.07) is 7.56. The third-order valence-corrected chi connectivity index (χ3v) is 3.48. The van der Waals surface area contributed by atoms with Crippen molar-refractivity contribution in [2.75, 3.05) is 17.6 Å². The molecule has 0 aliphatic rings. The maximum Gasteiger partial charge on any atom is 0.101 e. The van der Waals surface area contributed by atoms with Crippen molar-refractivity contribution in [3.05, 3.63) is 23.8 Å². The first-order valence-corrected chi connectivity index (χ1v) is 5.90. The number of nitrogen functional groups attached to an aromatic ring is 1. The highest BCUT2D eigenvalue weighted by Gasteiger charge is 2.21. The summed E-state index contributed by atoms with van der Waals surface area (Å²) in [4.78, 5) is 0. The molecule has 1 aromatic carbocycles. The number of hydrogen-bond donors (Lipinski definition) is 2. The van der Waals surface area contributed by atoms with E-state index in [9.17, 15) is 0 Å². The Morgan fingerprint density at radius 2 is 2.06 bits per heavy atom. The van der Waals surface area contributed by atoms with Crippen LogP contribution in [0.15, 0.2) is 18.2 Å². The molecule has 0 bridgehead atoms. The van der Waals surface area contributed by atoms with E-state index in [-0.39, 0.29) is 5.41 Å². The van der Waals surface area contributed by atoms with Crippen LogP contribution in [0, 0.1) is 22.7 Å². The van der Waals surface area contributed by atoms with E-state index in [1.54, 1.807) is 12.1 Å². The van der Waals surface area contributed by atoms with E-state index in [1.165, 1.54) is 0 Å². The Labute approximate surface area is 104 Å². The Morgan fingerprint density at radius 1 is 1.41 bits per heavy atom. The van der Waals surface area contributed by atoms with Crippen molar-refractivity contribution in [3.63, 3.8) is 0 Å². The molecule has 0 amide bonds. The van der Waals surface area contributed by atoms with Gasteiger partial charge >= 0.3 is 0 Å². The topological polar surface area (TPSA) is 61.8 Å². The zero-order chi connectivity index (χ0) is 13.1. The van der Waals surface area contributed by atoms with Crippen molar-refractivity contribution >= 4 is 11.4 Å². The number of anilines is 2.